The first-order valence-corrected chi connectivity index (χ1v) is 3.74. The van der Waals surface area contributed by atoms with Gasteiger partial charge in [-0.15, -0.1) is 0 Å². The Morgan fingerprint density at radius 3 is 2.82 bits per heavy atom. The summed E-state index contributed by atoms with van der Waals surface area (Å²) in [7, 11) is 0. The van der Waals surface area contributed by atoms with Gasteiger partial charge in [0.2, 0.25) is 5.91 Å². The number of carbonyl (C=O) groups is 1. The molecule has 0 bridgehead atoms. The molecule has 0 spiro atoms. The quantitative estimate of drug-likeness (QED) is 0.573. The van der Waals surface area contributed by atoms with E-state index in [2.05, 4.69) is 10.6 Å². The van der Waals surface area contributed by atoms with Crippen LogP contribution in [0.5, 0.6) is 0 Å². The molecule has 0 fully saturated rings. The molecule has 1 heterocycles. The summed E-state index contributed by atoms with van der Waals surface area (Å²) in [6.07, 6.45) is 2.04. The smallest absolute Gasteiger partial charge is 0.217 e. The molecule has 2 N–H and O–H groups in total. The third kappa shape index (κ3) is 1.97. The SMILES string of the molecule is CC(=O)NC1(C)C=C(C)NC1. The molecule has 11 heavy (non-hydrogen) atoms. The van der Waals surface area contributed by atoms with Gasteiger partial charge in [-0.25, -0.2) is 0 Å². The van der Waals surface area contributed by atoms with E-state index in [-0.39, 0.29) is 11.4 Å². The van der Waals surface area contributed by atoms with Gasteiger partial charge in [-0.3, -0.25) is 4.79 Å². The van der Waals surface area contributed by atoms with Crippen LogP contribution < -0.4 is 10.6 Å². The van der Waals surface area contributed by atoms with Crippen molar-refractivity contribution in [2.45, 2.75) is 26.3 Å². The molecule has 0 aromatic heterocycles. The maximum absolute atomic E-state index is 10.7. The lowest BCUT2D eigenvalue weighted by molar-refractivity contribution is -0.120. The predicted octanol–water partition coefficient (Wildman–Crippen LogP) is 0.388. The number of nitrogens with one attached hydrogen (secondary N) is 2. The number of hydrogen-bond acceptors (Lipinski definition) is 2. The Morgan fingerprint density at radius 2 is 2.45 bits per heavy atom. The van der Waals surface area contributed by atoms with Crippen LogP contribution in [0, 0.1) is 0 Å². The van der Waals surface area contributed by atoms with Gasteiger partial charge in [-0.2, -0.15) is 0 Å². The van der Waals surface area contributed by atoms with Gasteiger partial charge in [0.05, 0.1) is 5.54 Å². The Hall–Kier alpha value is -0.990. The first-order valence-electron chi connectivity index (χ1n) is 3.74. The highest BCUT2D eigenvalue weighted by Gasteiger charge is 2.26. The van der Waals surface area contributed by atoms with Crippen molar-refractivity contribution in [3.63, 3.8) is 0 Å². The van der Waals surface area contributed by atoms with E-state index in [9.17, 15) is 4.79 Å². The normalized spacial score (nSPS) is 29.2. The molecule has 3 heteroatoms. The lowest BCUT2D eigenvalue weighted by Gasteiger charge is -2.21. The molecule has 1 rings (SSSR count). The van der Waals surface area contributed by atoms with Gasteiger partial charge < -0.3 is 10.6 Å². The summed E-state index contributed by atoms with van der Waals surface area (Å²) in [5.74, 6) is 0.0141. The van der Waals surface area contributed by atoms with Gasteiger partial charge in [-0.1, -0.05) is 0 Å². The molecular formula is C8H14N2O. The number of carbonyl (C=O) groups excluding carboxylic acids is 1. The number of allylic oxidation sites excluding steroid dienone is 1. The van der Waals surface area contributed by atoms with Crippen molar-refractivity contribution in [1.29, 1.82) is 0 Å². The summed E-state index contributed by atoms with van der Waals surface area (Å²) in [5, 5.41) is 6.03. The molecule has 1 aliphatic rings. The standard InChI is InChI=1S/C8H14N2O/c1-6-4-8(3,5-9-6)10-7(2)11/h4,9H,5H2,1-3H3,(H,10,11). The Morgan fingerprint density at radius 1 is 1.82 bits per heavy atom. The minimum atomic E-state index is -0.185. The van der Waals surface area contributed by atoms with Crippen molar-refractivity contribution in [1.82, 2.24) is 10.6 Å². The predicted molar refractivity (Wildman–Crippen MR) is 44.0 cm³/mol. The van der Waals surface area contributed by atoms with Crippen LogP contribution in [-0.4, -0.2) is 18.0 Å². The summed E-state index contributed by atoms with van der Waals surface area (Å²) < 4.78 is 0. The molecule has 0 aromatic rings. The van der Waals surface area contributed by atoms with Crippen LogP contribution in [-0.2, 0) is 4.79 Å². The van der Waals surface area contributed by atoms with Crippen LogP contribution in [0.1, 0.15) is 20.8 Å². The molecule has 1 unspecified atom stereocenters. The van der Waals surface area contributed by atoms with Gasteiger partial charge >= 0.3 is 0 Å². The third-order valence-corrected chi connectivity index (χ3v) is 1.73. The maximum atomic E-state index is 10.7. The molecule has 0 saturated heterocycles. The average Bonchev–Trinajstić information content (AvgIpc) is 2.08. The second-order valence-electron chi connectivity index (χ2n) is 3.28. The fourth-order valence-electron chi connectivity index (χ4n) is 1.39. The molecule has 1 amide bonds. The number of amides is 1. The highest BCUT2D eigenvalue weighted by molar-refractivity contribution is 5.74. The number of rotatable bonds is 1. The molecule has 1 aliphatic heterocycles. The maximum Gasteiger partial charge on any atom is 0.217 e. The Bertz CT molecular complexity index is 210. The molecule has 0 saturated carbocycles. The van der Waals surface area contributed by atoms with Gasteiger partial charge in [0.15, 0.2) is 0 Å². The summed E-state index contributed by atoms with van der Waals surface area (Å²) in [6.45, 7) is 6.32. The van der Waals surface area contributed by atoms with E-state index in [0.717, 1.165) is 12.2 Å². The van der Waals surface area contributed by atoms with Gasteiger partial charge in [-0.05, 0) is 19.9 Å². The van der Waals surface area contributed by atoms with E-state index < -0.39 is 0 Å². The minimum Gasteiger partial charge on any atom is -0.386 e. The van der Waals surface area contributed by atoms with Crippen molar-refractivity contribution in [3.05, 3.63) is 11.8 Å². The second-order valence-corrected chi connectivity index (χ2v) is 3.28. The fraction of sp³-hybridized carbons (Fsp3) is 0.625. The summed E-state index contributed by atoms with van der Waals surface area (Å²) in [5.41, 5.74) is 0.942. The van der Waals surface area contributed by atoms with Crippen LogP contribution in [0.15, 0.2) is 11.8 Å². The second kappa shape index (κ2) is 2.57. The van der Waals surface area contributed by atoms with Crippen molar-refractivity contribution < 1.29 is 4.79 Å². The molecule has 0 aliphatic carbocycles. The monoisotopic (exact) mass is 154 g/mol. The topological polar surface area (TPSA) is 41.1 Å². The zero-order chi connectivity index (χ0) is 8.48. The van der Waals surface area contributed by atoms with E-state index in [4.69, 9.17) is 0 Å². The lowest BCUT2D eigenvalue weighted by atomic mass is 10.0. The van der Waals surface area contributed by atoms with Crippen LogP contribution in [0.2, 0.25) is 0 Å². The van der Waals surface area contributed by atoms with Gasteiger partial charge in [0.1, 0.15) is 0 Å². The zero-order valence-corrected chi connectivity index (χ0v) is 7.19. The highest BCUT2D eigenvalue weighted by atomic mass is 16.1. The van der Waals surface area contributed by atoms with E-state index >= 15 is 0 Å². The van der Waals surface area contributed by atoms with Gasteiger partial charge in [0.25, 0.3) is 0 Å². The molecule has 0 radical (unpaired) electrons. The van der Waals surface area contributed by atoms with E-state index in [1.54, 1.807) is 0 Å². The molecule has 62 valence electrons. The van der Waals surface area contributed by atoms with Gasteiger partial charge in [0, 0.05) is 19.2 Å². The third-order valence-electron chi connectivity index (χ3n) is 1.73. The van der Waals surface area contributed by atoms with Crippen LogP contribution in [0.25, 0.3) is 0 Å². The fourth-order valence-corrected chi connectivity index (χ4v) is 1.39. The Labute approximate surface area is 66.9 Å². The Kier molecular flexibility index (Phi) is 1.89. The average molecular weight is 154 g/mol. The van der Waals surface area contributed by atoms with E-state index in [1.807, 2.05) is 19.9 Å². The number of hydrogen-bond donors (Lipinski definition) is 2. The highest BCUT2D eigenvalue weighted by Crippen LogP contribution is 2.13. The summed E-state index contributed by atoms with van der Waals surface area (Å²) in [4.78, 5) is 10.7. The molecular weight excluding hydrogens is 140 g/mol. The van der Waals surface area contributed by atoms with E-state index in [1.165, 1.54) is 6.92 Å². The minimum absolute atomic E-state index is 0.0141. The lowest BCUT2D eigenvalue weighted by Crippen LogP contribution is -2.46. The van der Waals surface area contributed by atoms with Crippen molar-refractivity contribution in [2.24, 2.45) is 0 Å². The first kappa shape index (κ1) is 8.11. The largest absolute Gasteiger partial charge is 0.386 e. The summed E-state index contributed by atoms with van der Waals surface area (Å²) in [6, 6.07) is 0. The molecule has 0 aromatic carbocycles. The van der Waals surface area contributed by atoms with Crippen molar-refractivity contribution >= 4 is 5.91 Å². The van der Waals surface area contributed by atoms with Crippen LogP contribution in [0.3, 0.4) is 0 Å². The van der Waals surface area contributed by atoms with Crippen LogP contribution >= 0.6 is 0 Å². The molecule has 1 atom stereocenters. The van der Waals surface area contributed by atoms with Crippen LogP contribution in [0.4, 0.5) is 0 Å². The van der Waals surface area contributed by atoms with Crippen molar-refractivity contribution in [2.75, 3.05) is 6.54 Å². The zero-order valence-electron chi connectivity index (χ0n) is 7.19. The Balaban J connectivity index is 2.62. The molecule has 3 nitrogen and oxygen atoms in total. The van der Waals surface area contributed by atoms with Crippen molar-refractivity contribution in [3.8, 4) is 0 Å². The first-order chi connectivity index (χ1) is 5.02. The van der Waals surface area contributed by atoms with E-state index in [0.29, 0.717) is 0 Å². The summed E-state index contributed by atoms with van der Waals surface area (Å²) >= 11 is 0.